The molecule has 3 aliphatic rings. The molecule has 0 saturated heterocycles. The van der Waals surface area contributed by atoms with Crippen molar-refractivity contribution in [3.05, 3.63) is 149 Å². The highest BCUT2D eigenvalue weighted by molar-refractivity contribution is 7.33. The number of nitrogens with zero attached hydrogens (tertiary/aromatic N) is 2. The summed E-state index contributed by atoms with van der Waals surface area (Å²) in [6, 6.07) is 47.2. The Bertz CT molecular complexity index is 2810. The van der Waals surface area contributed by atoms with Crippen LogP contribution in [0.5, 0.6) is 0 Å². The summed E-state index contributed by atoms with van der Waals surface area (Å²) in [5.74, 6) is 0. The van der Waals surface area contributed by atoms with Crippen LogP contribution < -0.4 is 25.5 Å². The fourth-order valence-corrected chi connectivity index (χ4v) is 11.6. The zero-order chi connectivity index (χ0) is 41.4. The molecule has 0 saturated carbocycles. The number of aryl methyl sites for hydroxylation is 1. The third-order valence-corrected chi connectivity index (χ3v) is 15.1. The van der Waals surface area contributed by atoms with Crippen LogP contribution in [-0.4, -0.2) is 6.71 Å². The fraction of sp³-hybridized carbons (Fsp3) is 0.309. The Morgan fingerprint density at radius 1 is 0.559 bits per heavy atom. The number of anilines is 6. The average Bonchev–Trinajstić information content (AvgIpc) is 3.57. The highest BCUT2D eigenvalue weighted by Crippen LogP contribution is 2.52. The van der Waals surface area contributed by atoms with E-state index in [2.05, 4.69) is 207 Å². The fourth-order valence-electron chi connectivity index (χ4n) is 10.3. The van der Waals surface area contributed by atoms with E-state index in [9.17, 15) is 0 Å². The zero-order valence-electron chi connectivity index (χ0n) is 36.8. The maximum Gasteiger partial charge on any atom is 0.264 e. The van der Waals surface area contributed by atoms with Crippen molar-refractivity contribution >= 4 is 78.0 Å². The summed E-state index contributed by atoms with van der Waals surface area (Å²) in [5.41, 5.74) is 20.2. The molecule has 1 aliphatic carbocycles. The van der Waals surface area contributed by atoms with E-state index in [0.29, 0.717) is 0 Å². The highest BCUT2D eigenvalue weighted by atomic mass is 32.1. The monoisotopic (exact) mass is 788 g/mol. The van der Waals surface area contributed by atoms with E-state index in [0.717, 1.165) is 0 Å². The van der Waals surface area contributed by atoms with Crippen LogP contribution in [0.25, 0.3) is 21.2 Å². The normalized spacial score (nSPS) is 16.4. The number of benzene rings is 6. The van der Waals surface area contributed by atoms with Gasteiger partial charge in [-0.2, -0.15) is 0 Å². The molecule has 0 fully saturated rings. The summed E-state index contributed by atoms with van der Waals surface area (Å²) in [6.07, 6.45) is 2.38. The quantitative estimate of drug-likeness (QED) is 0.165. The third kappa shape index (κ3) is 6.03. The van der Waals surface area contributed by atoms with Crippen LogP contribution in [0.4, 0.5) is 34.1 Å². The molecule has 2 aliphatic heterocycles. The standard InChI is InChI=1S/C55H57BN2S/c1-34-29-46-49-47(30-34)58(40-23-24-42-43(33-40)55(10,11)28-27-54(42,8)9)50-41-31-36(35-15-13-12-14-16-35)17-26-48(41)59-51(50)56(49)44-32-38(53(5,6)7)20-25-45(44)57(46)39-21-18-37(19-22-39)52(2,3)4/h12-26,29-33H,27-28H2,1-11H3. The van der Waals surface area contributed by atoms with Gasteiger partial charge in [0.2, 0.25) is 0 Å². The summed E-state index contributed by atoms with van der Waals surface area (Å²) in [6.45, 7) is 26.1. The van der Waals surface area contributed by atoms with Gasteiger partial charge in [-0.05, 0) is 146 Å². The molecule has 296 valence electrons. The Morgan fingerprint density at radius 3 is 1.86 bits per heavy atom. The molecule has 2 nitrogen and oxygen atoms in total. The van der Waals surface area contributed by atoms with Gasteiger partial charge >= 0.3 is 0 Å². The van der Waals surface area contributed by atoms with E-state index in [1.807, 2.05) is 11.3 Å². The van der Waals surface area contributed by atoms with E-state index in [4.69, 9.17) is 0 Å². The summed E-state index contributed by atoms with van der Waals surface area (Å²) >= 11 is 1.99. The minimum atomic E-state index is 0.00257. The summed E-state index contributed by atoms with van der Waals surface area (Å²) in [4.78, 5) is 5.24. The zero-order valence-corrected chi connectivity index (χ0v) is 37.7. The molecule has 0 bridgehead atoms. The van der Waals surface area contributed by atoms with E-state index in [1.54, 1.807) is 0 Å². The molecule has 1 aromatic heterocycles. The second-order valence-electron chi connectivity index (χ2n) is 21.0. The summed E-state index contributed by atoms with van der Waals surface area (Å²) in [7, 11) is 0. The van der Waals surface area contributed by atoms with Crippen molar-refractivity contribution in [3.8, 4) is 11.1 Å². The van der Waals surface area contributed by atoms with Gasteiger partial charge in [0.1, 0.15) is 0 Å². The number of rotatable bonds is 3. The average molecular weight is 789 g/mol. The van der Waals surface area contributed by atoms with Crippen LogP contribution in [-0.2, 0) is 21.7 Å². The second kappa shape index (κ2) is 13.0. The van der Waals surface area contributed by atoms with Gasteiger partial charge in [0.05, 0.1) is 5.69 Å². The van der Waals surface area contributed by atoms with Gasteiger partial charge in [0, 0.05) is 43.3 Å². The number of fused-ring (bicyclic) bond motifs is 7. The lowest BCUT2D eigenvalue weighted by atomic mass is 9.36. The van der Waals surface area contributed by atoms with E-state index in [1.165, 1.54) is 112 Å². The van der Waals surface area contributed by atoms with Crippen LogP contribution in [0.15, 0.2) is 121 Å². The molecule has 6 aromatic carbocycles. The van der Waals surface area contributed by atoms with Gasteiger partial charge in [-0.3, -0.25) is 0 Å². The smallest absolute Gasteiger partial charge is 0.264 e. The summed E-state index contributed by atoms with van der Waals surface area (Å²) in [5, 5.41) is 1.33. The van der Waals surface area contributed by atoms with Gasteiger partial charge in [0.25, 0.3) is 6.71 Å². The van der Waals surface area contributed by atoms with E-state index in [-0.39, 0.29) is 28.4 Å². The maximum atomic E-state index is 2.67. The number of thiophene rings is 1. The van der Waals surface area contributed by atoms with Crippen molar-refractivity contribution in [2.45, 2.75) is 111 Å². The number of hydrogen-bond acceptors (Lipinski definition) is 3. The van der Waals surface area contributed by atoms with Gasteiger partial charge in [0.15, 0.2) is 0 Å². The Morgan fingerprint density at radius 2 is 1.19 bits per heavy atom. The van der Waals surface area contributed by atoms with Crippen LogP contribution in [0.2, 0.25) is 0 Å². The van der Waals surface area contributed by atoms with Crippen LogP contribution in [0.1, 0.15) is 110 Å². The first kappa shape index (κ1) is 38.2. The van der Waals surface area contributed by atoms with Gasteiger partial charge in [-0.25, -0.2) is 0 Å². The molecule has 4 heteroatoms. The predicted octanol–water partition coefficient (Wildman–Crippen LogP) is 13.9. The Hall–Kier alpha value is -5.06. The minimum absolute atomic E-state index is 0.00257. The highest BCUT2D eigenvalue weighted by Gasteiger charge is 2.46. The first-order valence-corrected chi connectivity index (χ1v) is 22.5. The van der Waals surface area contributed by atoms with Crippen molar-refractivity contribution in [1.29, 1.82) is 0 Å². The topological polar surface area (TPSA) is 6.48 Å². The lowest BCUT2D eigenvalue weighted by molar-refractivity contribution is 0.332. The molecule has 0 N–H and O–H groups in total. The lowest BCUT2D eigenvalue weighted by Gasteiger charge is -2.45. The molecule has 0 atom stereocenters. The van der Waals surface area contributed by atoms with Crippen LogP contribution >= 0.6 is 11.3 Å². The number of hydrogen-bond donors (Lipinski definition) is 0. The van der Waals surface area contributed by atoms with E-state index < -0.39 is 0 Å². The molecule has 0 radical (unpaired) electrons. The molecular weight excluding hydrogens is 731 g/mol. The van der Waals surface area contributed by atoms with Crippen LogP contribution in [0, 0.1) is 6.92 Å². The van der Waals surface area contributed by atoms with Gasteiger partial charge in [-0.15, -0.1) is 11.3 Å². The Labute approximate surface area is 357 Å². The molecule has 0 spiro atoms. The van der Waals surface area contributed by atoms with Gasteiger partial charge in [-0.1, -0.05) is 136 Å². The molecule has 10 rings (SSSR count). The lowest BCUT2D eigenvalue weighted by Crippen LogP contribution is -2.60. The van der Waals surface area contributed by atoms with Crippen LogP contribution in [0.3, 0.4) is 0 Å². The Kier molecular flexibility index (Phi) is 8.39. The Balaban J connectivity index is 1.30. The van der Waals surface area contributed by atoms with Crippen molar-refractivity contribution < 1.29 is 0 Å². The first-order valence-electron chi connectivity index (χ1n) is 21.7. The molecule has 0 amide bonds. The third-order valence-electron chi connectivity index (χ3n) is 13.9. The van der Waals surface area contributed by atoms with E-state index >= 15 is 0 Å². The first-order chi connectivity index (χ1) is 27.9. The predicted molar refractivity (Wildman–Crippen MR) is 259 cm³/mol. The second-order valence-corrected chi connectivity index (χ2v) is 22.1. The largest absolute Gasteiger partial charge is 0.311 e. The van der Waals surface area contributed by atoms with Gasteiger partial charge < -0.3 is 9.80 Å². The molecule has 3 heterocycles. The SMILES string of the molecule is Cc1cc2c3c(c1)N(c1ccc4c(c1)C(C)(C)CCC4(C)C)c1c(sc4ccc(-c5ccccc5)cc14)B3c1cc(C(C)(C)C)ccc1N2c1ccc(C(C)(C)C)cc1. The van der Waals surface area contributed by atoms with Crippen molar-refractivity contribution in [1.82, 2.24) is 0 Å². The van der Waals surface area contributed by atoms with Crippen molar-refractivity contribution in [2.75, 3.05) is 9.80 Å². The molecule has 0 unspecified atom stereocenters. The van der Waals surface area contributed by atoms with Crippen molar-refractivity contribution in [3.63, 3.8) is 0 Å². The molecule has 7 aromatic rings. The van der Waals surface area contributed by atoms with Crippen molar-refractivity contribution in [2.24, 2.45) is 0 Å². The maximum absolute atomic E-state index is 2.67. The molecule has 59 heavy (non-hydrogen) atoms. The molecular formula is C55H57BN2S. The summed E-state index contributed by atoms with van der Waals surface area (Å²) < 4.78 is 2.76. The minimum Gasteiger partial charge on any atom is -0.311 e.